The van der Waals surface area contributed by atoms with Crippen molar-refractivity contribution in [2.24, 2.45) is 0 Å². The number of para-hydroxylation sites is 1. The van der Waals surface area contributed by atoms with Crippen molar-refractivity contribution in [1.82, 2.24) is 4.98 Å². The van der Waals surface area contributed by atoms with Crippen molar-refractivity contribution >= 4 is 16.7 Å². The van der Waals surface area contributed by atoms with Crippen molar-refractivity contribution < 1.29 is 9.88 Å². The molecule has 0 bridgehead atoms. The highest BCUT2D eigenvalue weighted by Crippen LogP contribution is 2.16. The highest BCUT2D eigenvalue weighted by molar-refractivity contribution is 5.82. The van der Waals surface area contributed by atoms with Gasteiger partial charge in [0.2, 0.25) is 0 Å². The molecule has 0 unspecified atom stereocenters. The average molecular weight is 294 g/mol. The third-order valence-electron chi connectivity index (χ3n) is 4.62. The van der Waals surface area contributed by atoms with E-state index >= 15 is 0 Å². The number of rotatable bonds is 3. The highest BCUT2D eigenvalue weighted by Gasteiger charge is 2.26. The fourth-order valence-electron chi connectivity index (χ4n) is 3.37. The molecule has 3 aromatic rings. The number of anilines is 1. The third kappa shape index (κ3) is 2.57. The van der Waals surface area contributed by atoms with Crippen LogP contribution in [-0.2, 0) is 6.54 Å². The smallest absolute Gasteiger partial charge is 0.274 e. The van der Waals surface area contributed by atoms with Crippen molar-refractivity contribution in [2.45, 2.75) is 6.54 Å². The Bertz CT molecular complexity index is 742. The van der Waals surface area contributed by atoms with Gasteiger partial charge in [-0.3, -0.25) is 4.90 Å². The zero-order valence-electron chi connectivity index (χ0n) is 12.7. The van der Waals surface area contributed by atoms with Gasteiger partial charge in [0.1, 0.15) is 32.7 Å². The van der Waals surface area contributed by atoms with Gasteiger partial charge in [-0.25, -0.2) is 4.98 Å². The van der Waals surface area contributed by atoms with E-state index in [9.17, 15) is 0 Å². The number of piperazine rings is 1. The minimum atomic E-state index is 1.11. The second-order valence-electron chi connectivity index (χ2n) is 6.02. The summed E-state index contributed by atoms with van der Waals surface area (Å²) in [6.07, 6.45) is 4.18. The number of H-pyrrole nitrogens is 2. The molecule has 0 spiro atoms. The van der Waals surface area contributed by atoms with E-state index in [-0.39, 0.29) is 0 Å². The SMILES string of the molecule is c1ccc(N2CC[NH+](Cc3c[nH]c4ccccc34)CC2)[nH+]c1. The Hall–Kier alpha value is -2.33. The van der Waals surface area contributed by atoms with E-state index in [1.165, 1.54) is 35.4 Å². The Balaban J connectivity index is 1.42. The molecule has 1 fully saturated rings. The summed E-state index contributed by atoms with van der Waals surface area (Å²) in [7, 11) is 0. The molecule has 3 N–H and O–H groups in total. The van der Waals surface area contributed by atoms with Gasteiger partial charge in [0.05, 0.1) is 6.20 Å². The van der Waals surface area contributed by atoms with E-state index in [1.54, 1.807) is 4.90 Å². The summed E-state index contributed by atoms with van der Waals surface area (Å²) in [5.41, 5.74) is 2.68. The Morgan fingerprint density at radius 1 is 1.05 bits per heavy atom. The minimum Gasteiger partial charge on any atom is -0.361 e. The van der Waals surface area contributed by atoms with Crippen molar-refractivity contribution in [3.05, 3.63) is 60.4 Å². The number of nitrogens with zero attached hydrogens (tertiary/aromatic N) is 1. The summed E-state index contributed by atoms with van der Waals surface area (Å²) in [6, 6.07) is 14.9. The normalized spacial score (nSPS) is 16.3. The quantitative estimate of drug-likeness (QED) is 0.739. The summed E-state index contributed by atoms with van der Waals surface area (Å²) >= 11 is 0. The van der Waals surface area contributed by atoms with Crippen molar-refractivity contribution in [2.75, 3.05) is 31.1 Å². The molecule has 1 aliphatic heterocycles. The van der Waals surface area contributed by atoms with Crippen LogP contribution < -0.4 is 14.8 Å². The lowest BCUT2D eigenvalue weighted by Gasteiger charge is -2.28. The predicted octanol–water partition coefficient (Wildman–Crippen LogP) is 0.887. The zero-order valence-corrected chi connectivity index (χ0v) is 12.7. The second kappa shape index (κ2) is 5.81. The lowest BCUT2D eigenvalue weighted by Crippen LogP contribution is -3.13. The number of hydrogen-bond acceptors (Lipinski definition) is 1. The first kappa shape index (κ1) is 13.3. The lowest BCUT2D eigenvalue weighted by atomic mass is 10.1. The van der Waals surface area contributed by atoms with Crippen LogP contribution in [0.5, 0.6) is 0 Å². The maximum Gasteiger partial charge on any atom is 0.274 e. The zero-order chi connectivity index (χ0) is 14.8. The van der Waals surface area contributed by atoms with E-state index in [1.807, 2.05) is 12.3 Å². The molecule has 112 valence electrons. The molecule has 3 heterocycles. The molecule has 0 saturated carbocycles. The second-order valence-corrected chi connectivity index (χ2v) is 6.02. The first-order chi connectivity index (χ1) is 10.9. The number of benzene rings is 1. The summed E-state index contributed by atoms with van der Waals surface area (Å²) in [5.74, 6) is 1.23. The Kier molecular flexibility index (Phi) is 3.52. The molecule has 0 amide bonds. The fraction of sp³-hybridized carbons (Fsp3) is 0.278. The van der Waals surface area contributed by atoms with E-state index in [0.717, 1.165) is 19.6 Å². The number of aromatic nitrogens is 2. The molecular formula is C18H22N4+2. The van der Waals surface area contributed by atoms with Gasteiger partial charge in [-0.1, -0.05) is 24.3 Å². The number of nitrogens with one attached hydrogen (secondary N) is 3. The summed E-state index contributed by atoms with van der Waals surface area (Å²) in [6.45, 7) is 5.69. The predicted molar refractivity (Wildman–Crippen MR) is 87.9 cm³/mol. The number of quaternary nitrogens is 1. The van der Waals surface area contributed by atoms with Gasteiger partial charge in [0.25, 0.3) is 5.82 Å². The summed E-state index contributed by atoms with van der Waals surface area (Å²) in [5, 5.41) is 1.37. The van der Waals surface area contributed by atoms with Crippen LogP contribution >= 0.6 is 0 Å². The van der Waals surface area contributed by atoms with E-state index in [2.05, 4.69) is 57.5 Å². The van der Waals surface area contributed by atoms with Crippen LogP contribution in [0, 0.1) is 0 Å². The van der Waals surface area contributed by atoms with Gasteiger partial charge < -0.3 is 9.88 Å². The minimum absolute atomic E-state index is 1.11. The number of aromatic amines is 2. The monoisotopic (exact) mass is 294 g/mol. The van der Waals surface area contributed by atoms with Crippen molar-refractivity contribution in [3.8, 4) is 0 Å². The van der Waals surface area contributed by atoms with Crippen LogP contribution in [0.3, 0.4) is 0 Å². The molecule has 1 saturated heterocycles. The Morgan fingerprint density at radius 3 is 2.68 bits per heavy atom. The maximum absolute atomic E-state index is 3.38. The van der Waals surface area contributed by atoms with Gasteiger partial charge in [0.15, 0.2) is 0 Å². The van der Waals surface area contributed by atoms with E-state index < -0.39 is 0 Å². The van der Waals surface area contributed by atoms with Crippen LogP contribution in [0.15, 0.2) is 54.9 Å². The molecule has 0 atom stereocenters. The van der Waals surface area contributed by atoms with E-state index in [4.69, 9.17) is 0 Å². The molecule has 22 heavy (non-hydrogen) atoms. The van der Waals surface area contributed by atoms with Crippen LogP contribution in [0.1, 0.15) is 5.56 Å². The summed E-state index contributed by atoms with van der Waals surface area (Å²) < 4.78 is 0. The molecule has 1 aliphatic rings. The lowest BCUT2D eigenvalue weighted by molar-refractivity contribution is -0.914. The molecule has 4 rings (SSSR count). The van der Waals surface area contributed by atoms with Gasteiger partial charge in [-0.05, 0) is 12.1 Å². The van der Waals surface area contributed by atoms with Gasteiger partial charge >= 0.3 is 0 Å². The molecule has 0 aliphatic carbocycles. The van der Waals surface area contributed by atoms with E-state index in [0.29, 0.717) is 0 Å². The van der Waals surface area contributed by atoms with Gasteiger partial charge in [-0.2, -0.15) is 0 Å². The largest absolute Gasteiger partial charge is 0.361 e. The summed E-state index contributed by atoms with van der Waals surface area (Å²) in [4.78, 5) is 10.8. The average Bonchev–Trinajstić information content (AvgIpc) is 3.00. The molecule has 4 nitrogen and oxygen atoms in total. The molecule has 2 aromatic heterocycles. The first-order valence-electron chi connectivity index (χ1n) is 8.00. The van der Waals surface area contributed by atoms with Crippen molar-refractivity contribution in [1.29, 1.82) is 0 Å². The molecule has 1 aromatic carbocycles. The highest BCUT2D eigenvalue weighted by atomic mass is 15.3. The first-order valence-corrected chi connectivity index (χ1v) is 8.00. The molecule has 4 heteroatoms. The fourth-order valence-corrected chi connectivity index (χ4v) is 3.37. The van der Waals surface area contributed by atoms with Crippen LogP contribution in [0.2, 0.25) is 0 Å². The molecular weight excluding hydrogens is 272 g/mol. The third-order valence-corrected chi connectivity index (χ3v) is 4.62. The maximum atomic E-state index is 3.38. The van der Waals surface area contributed by atoms with Gasteiger partial charge in [-0.15, -0.1) is 0 Å². The standard InChI is InChI=1S/C18H20N4/c1-2-6-17-16(5-1)15(13-20-17)14-21-9-11-22(12-10-21)18-7-3-4-8-19-18/h1-8,13,20H,9-12,14H2/p+2. The number of pyridine rings is 1. The van der Waals surface area contributed by atoms with Gasteiger partial charge in [0, 0.05) is 28.7 Å². The topological polar surface area (TPSA) is 37.6 Å². The number of hydrogen-bond donors (Lipinski definition) is 2. The van der Waals surface area contributed by atoms with Crippen molar-refractivity contribution in [3.63, 3.8) is 0 Å². The number of fused-ring (bicyclic) bond motifs is 1. The molecule has 0 radical (unpaired) electrons. The van der Waals surface area contributed by atoms with Crippen LogP contribution in [0.4, 0.5) is 5.82 Å². The Morgan fingerprint density at radius 2 is 1.86 bits per heavy atom. The Labute approximate surface area is 130 Å². The van der Waals surface area contributed by atoms with Crippen LogP contribution in [-0.4, -0.2) is 31.2 Å². The van der Waals surface area contributed by atoms with Crippen LogP contribution in [0.25, 0.3) is 10.9 Å².